The minimum Gasteiger partial charge on any atom is -0.0693 e. The SMILES string of the molecule is CC(C)c1cccc(C(C)C)c1[Si]1(c2c(C[Si](C)(C)C)cc(C[Si](C)(C)C)cc2C[Si](C)(C)C)c2ccccc21. The van der Waals surface area contributed by atoms with Gasteiger partial charge in [0.1, 0.15) is 0 Å². The lowest BCUT2D eigenvalue weighted by Crippen LogP contribution is -2.61. The number of hydrogen-bond donors (Lipinski definition) is 0. The molecular weight excluding hydrogens is 545 g/mol. The van der Waals surface area contributed by atoms with Crippen LogP contribution in [0.1, 0.15) is 67.3 Å². The van der Waals surface area contributed by atoms with E-state index in [0.717, 1.165) is 0 Å². The third kappa shape index (κ3) is 6.45. The Morgan fingerprint density at radius 2 is 0.925 bits per heavy atom. The zero-order chi connectivity index (χ0) is 29.8. The molecule has 0 aromatic heterocycles. The van der Waals surface area contributed by atoms with Gasteiger partial charge in [-0.15, -0.1) is 0 Å². The summed E-state index contributed by atoms with van der Waals surface area (Å²) in [6.07, 6.45) is 0. The van der Waals surface area contributed by atoms with Gasteiger partial charge in [0.2, 0.25) is 0 Å². The Balaban J connectivity index is 2.19. The van der Waals surface area contributed by atoms with Gasteiger partial charge in [-0.05, 0) is 73.0 Å². The van der Waals surface area contributed by atoms with Crippen LogP contribution in [0.2, 0.25) is 58.9 Å². The van der Waals surface area contributed by atoms with E-state index in [1.807, 2.05) is 5.19 Å². The van der Waals surface area contributed by atoms with Crippen LogP contribution in [0.15, 0.2) is 54.6 Å². The van der Waals surface area contributed by atoms with Crippen LogP contribution in [-0.2, 0) is 18.1 Å². The maximum atomic E-state index is 2.72. The van der Waals surface area contributed by atoms with Crippen molar-refractivity contribution in [1.29, 1.82) is 0 Å². The first-order valence-corrected chi connectivity index (χ1v) is 28.9. The Morgan fingerprint density at radius 1 is 0.525 bits per heavy atom. The zero-order valence-electron chi connectivity index (χ0n) is 28.0. The molecule has 3 aromatic rings. The van der Waals surface area contributed by atoms with Crippen molar-refractivity contribution >= 4 is 53.0 Å². The van der Waals surface area contributed by atoms with Crippen molar-refractivity contribution in [3.63, 3.8) is 0 Å². The summed E-state index contributed by atoms with van der Waals surface area (Å²) in [6.45, 7) is 32.8. The van der Waals surface area contributed by atoms with Crippen molar-refractivity contribution in [2.45, 2.75) is 117 Å². The van der Waals surface area contributed by atoms with Crippen molar-refractivity contribution < 1.29 is 0 Å². The topological polar surface area (TPSA) is 0 Å². The fourth-order valence-corrected chi connectivity index (χ4v) is 17.9. The second kappa shape index (κ2) is 11.0. The van der Waals surface area contributed by atoms with Gasteiger partial charge in [-0.25, -0.2) is 0 Å². The number of fused-ring (bicyclic) bond motifs is 1. The third-order valence-electron chi connectivity index (χ3n) is 8.33. The second-order valence-corrected chi connectivity index (χ2v) is 36.9. The summed E-state index contributed by atoms with van der Waals surface area (Å²) in [5.74, 6) is 1.03. The molecule has 0 nitrogen and oxygen atoms in total. The largest absolute Gasteiger partial charge is 0.180 e. The second-order valence-electron chi connectivity index (χ2n) is 16.9. The molecule has 0 unspecified atom stereocenters. The Morgan fingerprint density at radius 3 is 1.27 bits per heavy atom. The predicted octanol–water partition coefficient (Wildman–Crippen LogP) is 7.88. The smallest absolute Gasteiger partial charge is 0.0693 e. The average Bonchev–Trinajstić information content (AvgIpc) is 3.43. The first kappa shape index (κ1) is 31.5. The fraction of sp³-hybridized carbons (Fsp3) is 0.500. The van der Waals surface area contributed by atoms with E-state index in [9.17, 15) is 0 Å². The number of hydrogen-bond acceptors (Lipinski definition) is 0. The molecule has 0 N–H and O–H groups in total. The summed E-state index contributed by atoms with van der Waals surface area (Å²) in [4.78, 5) is 0. The summed E-state index contributed by atoms with van der Waals surface area (Å²) in [5.41, 5.74) is 8.26. The lowest BCUT2D eigenvalue weighted by molar-refractivity contribution is 0.845. The zero-order valence-corrected chi connectivity index (χ0v) is 32.0. The molecule has 3 aromatic carbocycles. The third-order valence-corrected chi connectivity index (χ3v) is 17.6. The van der Waals surface area contributed by atoms with E-state index in [4.69, 9.17) is 0 Å². The van der Waals surface area contributed by atoms with Crippen LogP contribution in [-0.4, -0.2) is 32.3 Å². The number of rotatable bonds is 10. The summed E-state index contributed by atoms with van der Waals surface area (Å²) in [6, 6.07) is 26.2. The highest BCUT2D eigenvalue weighted by atomic mass is 28.3. The average molecular weight is 601 g/mol. The molecule has 40 heavy (non-hydrogen) atoms. The molecule has 1 heterocycles. The number of benzene rings is 3. The molecule has 4 rings (SSSR count). The maximum absolute atomic E-state index is 2.72. The van der Waals surface area contributed by atoms with Crippen LogP contribution in [0, 0.1) is 0 Å². The first-order valence-electron chi connectivity index (χ1n) is 15.7. The standard InChI is InChI=1S/C36H56Si4/c1-26(2)31-17-16-18-32(27(3)4)36(31)40(33-19-14-15-20-34(33)40)35-29(24-38(8,9)10)21-28(23-37(5,6)7)22-30(35)25-39(11,12)13/h14-22,26-27H,23-25H2,1-13H3. The first-order chi connectivity index (χ1) is 18.3. The molecule has 0 fully saturated rings. The lowest BCUT2D eigenvalue weighted by atomic mass is 9.95. The van der Waals surface area contributed by atoms with Crippen molar-refractivity contribution in [2.24, 2.45) is 0 Å². The predicted molar refractivity (Wildman–Crippen MR) is 193 cm³/mol. The van der Waals surface area contributed by atoms with E-state index < -0.39 is 32.3 Å². The van der Waals surface area contributed by atoms with Gasteiger partial charge in [-0.2, -0.15) is 0 Å². The Hall–Kier alpha value is -1.47. The van der Waals surface area contributed by atoms with E-state index in [1.165, 1.54) is 18.1 Å². The normalized spacial score (nSPS) is 15.1. The van der Waals surface area contributed by atoms with Crippen LogP contribution in [0.3, 0.4) is 0 Å². The van der Waals surface area contributed by atoms with Gasteiger partial charge in [-0.1, -0.05) is 147 Å². The van der Waals surface area contributed by atoms with Crippen LogP contribution >= 0.6 is 0 Å². The Kier molecular flexibility index (Phi) is 8.64. The molecule has 1 aliphatic rings. The van der Waals surface area contributed by atoms with E-state index in [2.05, 4.69) is 141 Å². The van der Waals surface area contributed by atoms with Gasteiger partial charge < -0.3 is 0 Å². The van der Waals surface area contributed by atoms with Gasteiger partial charge in [0, 0.05) is 24.2 Å². The van der Waals surface area contributed by atoms with Crippen molar-refractivity contribution in [1.82, 2.24) is 0 Å². The molecule has 0 amide bonds. The molecule has 0 atom stereocenters. The minimum atomic E-state index is -2.27. The van der Waals surface area contributed by atoms with Crippen LogP contribution in [0.4, 0.5) is 0 Å². The highest BCUT2D eigenvalue weighted by Crippen LogP contribution is 2.32. The molecule has 0 bridgehead atoms. The molecule has 4 heteroatoms. The molecule has 0 radical (unpaired) electrons. The summed E-state index contributed by atoms with van der Waals surface area (Å²) < 4.78 is 0. The summed E-state index contributed by atoms with van der Waals surface area (Å²) in [5, 5.41) is 6.94. The Bertz CT molecular complexity index is 1290. The summed E-state index contributed by atoms with van der Waals surface area (Å²) in [7, 11) is -6.27. The van der Waals surface area contributed by atoms with E-state index in [0.29, 0.717) is 11.8 Å². The van der Waals surface area contributed by atoms with Gasteiger partial charge in [-0.3, -0.25) is 0 Å². The summed E-state index contributed by atoms with van der Waals surface area (Å²) >= 11 is 0. The quantitative estimate of drug-likeness (QED) is 0.162. The Labute approximate surface area is 251 Å². The molecule has 0 saturated heterocycles. The van der Waals surface area contributed by atoms with Gasteiger partial charge in [0.25, 0.3) is 0 Å². The molecule has 0 aliphatic carbocycles. The van der Waals surface area contributed by atoms with Crippen LogP contribution in [0.25, 0.3) is 0 Å². The van der Waals surface area contributed by atoms with E-state index in [1.54, 1.807) is 43.4 Å². The van der Waals surface area contributed by atoms with Crippen molar-refractivity contribution in [2.75, 3.05) is 0 Å². The van der Waals surface area contributed by atoms with Crippen molar-refractivity contribution in [3.8, 4) is 0 Å². The molecule has 1 aliphatic heterocycles. The highest BCUT2D eigenvalue weighted by molar-refractivity contribution is 7.33. The molecular formula is C36H56Si4. The van der Waals surface area contributed by atoms with Crippen LogP contribution in [0.5, 0.6) is 0 Å². The van der Waals surface area contributed by atoms with Crippen LogP contribution < -0.4 is 20.7 Å². The van der Waals surface area contributed by atoms with Crippen molar-refractivity contribution in [3.05, 3.63) is 82.4 Å². The molecule has 0 spiro atoms. The van der Waals surface area contributed by atoms with E-state index in [-0.39, 0.29) is 0 Å². The lowest BCUT2D eigenvalue weighted by Gasteiger charge is -2.33. The maximum Gasteiger partial charge on any atom is 0.180 e. The molecule has 216 valence electrons. The van der Waals surface area contributed by atoms with E-state index >= 15 is 0 Å². The minimum absolute atomic E-state index is 0.516. The van der Waals surface area contributed by atoms with Gasteiger partial charge in [0.15, 0.2) is 8.07 Å². The van der Waals surface area contributed by atoms with Gasteiger partial charge in [0.05, 0.1) is 0 Å². The highest BCUT2D eigenvalue weighted by Gasteiger charge is 2.59. The fourth-order valence-electron chi connectivity index (χ4n) is 7.16. The van der Waals surface area contributed by atoms with Gasteiger partial charge >= 0.3 is 0 Å². The monoisotopic (exact) mass is 600 g/mol. The molecule has 0 saturated carbocycles.